The average molecular weight is 859 g/mol. The van der Waals surface area contributed by atoms with Gasteiger partial charge in [0.2, 0.25) is 0 Å². The highest BCUT2D eigenvalue weighted by Crippen LogP contribution is 2.24. The summed E-state index contributed by atoms with van der Waals surface area (Å²) in [7, 11) is 8.48. The molecule has 1 heterocycles. The number of ketones is 2. The quantitative estimate of drug-likeness (QED) is 0.0783. The van der Waals surface area contributed by atoms with E-state index < -0.39 is 59.7 Å². The second-order valence-corrected chi connectivity index (χ2v) is 14.1. The molecule has 0 aromatic carbocycles. The predicted molar refractivity (Wildman–Crippen MR) is 228 cm³/mol. The molecule has 59 heavy (non-hydrogen) atoms. The number of nitrogens with zero attached hydrogens (tertiary/aromatic N) is 2. The number of rotatable bonds is 20. The number of carbonyl (C=O) groups excluding carboxylic acids is 7. The lowest BCUT2D eigenvalue weighted by molar-refractivity contribution is -0.165. The molecule has 0 spiro atoms. The van der Waals surface area contributed by atoms with Crippen LogP contribution in [0.25, 0.3) is 0 Å². The minimum Gasteiger partial charge on any atom is -0.465 e. The van der Waals surface area contributed by atoms with E-state index in [1.165, 1.54) is 46.7 Å². The lowest BCUT2D eigenvalue weighted by Crippen LogP contribution is -2.44. The van der Waals surface area contributed by atoms with E-state index in [4.69, 9.17) is 25.1 Å². The third-order valence-electron chi connectivity index (χ3n) is 7.63. The van der Waals surface area contributed by atoms with E-state index in [1.807, 2.05) is 20.8 Å². The summed E-state index contributed by atoms with van der Waals surface area (Å²) in [5, 5.41) is 9.37. The second kappa shape index (κ2) is 38.4. The highest BCUT2D eigenvalue weighted by atomic mass is 16.7. The van der Waals surface area contributed by atoms with E-state index in [0.717, 1.165) is 0 Å². The SMILES string of the molecule is C.C.CC.CCCC(=O)OCC(C)(COC(=O)OCC(C)(CO)C(=O)OCC)C(C)=O.CCOC(=O)C1(C)COC(=O)OC1.CN(C)CCCCN(C)C.[3H]CC(=O)CC. The summed E-state index contributed by atoms with van der Waals surface area (Å²) < 4.78 is 40.1. The number of aliphatic hydroxyl groups is 1. The maximum absolute atomic E-state index is 11.9. The Bertz CT molecular complexity index is 1160. The van der Waals surface area contributed by atoms with Gasteiger partial charge in [-0.1, -0.05) is 42.5 Å². The smallest absolute Gasteiger partial charge is 0.465 e. The van der Waals surface area contributed by atoms with Crippen LogP contribution in [-0.4, -0.2) is 151 Å². The number of esters is 3. The Balaban J connectivity index is -0.000000183. The normalized spacial score (nSPS) is 14.2. The van der Waals surface area contributed by atoms with E-state index in [1.54, 1.807) is 27.7 Å². The largest absolute Gasteiger partial charge is 0.508 e. The van der Waals surface area contributed by atoms with Crippen molar-refractivity contribution in [2.24, 2.45) is 16.2 Å². The zero-order valence-electron chi connectivity index (χ0n) is 38.4. The van der Waals surface area contributed by atoms with Crippen LogP contribution in [0.2, 0.25) is 0 Å². The van der Waals surface area contributed by atoms with Crippen molar-refractivity contribution in [2.75, 3.05) is 94.1 Å². The van der Waals surface area contributed by atoms with Gasteiger partial charge in [0.25, 0.3) is 0 Å². The summed E-state index contributed by atoms with van der Waals surface area (Å²) in [5.41, 5.74) is -3.50. The molecular formula is C42H84N2O15. The maximum atomic E-state index is 11.9. The molecule has 0 bridgehead atoms. The molecule has 2 atom stereocenters. The van der Waals surface area contributed by atoms with Crippen LogP contribution in [-0.2, 0) is 57.1 Å². The minimum absolute atomic E-state index is 0. The molecule has 0 saturated carbocycles. The summed E-state index contributed by atoms with van der Waals surface area (Å²) in [5.74, 6) is -1.87. The summed E-state index contributed by atoms with van der Waals surface area (Å²) in [6, 6.07) is 0. The molecular weight excluding hydrogens is 772 g/mol. The van der Waals surface area contributed by atoms with Crippen LogP contribution in [0.15, 0.2) is 0 Å². The van der Waals surface area contributed by atoms with Gasteiger partial charge in [-0.15, -0.1) is 0 Å². The van der Waals surface area contributed by atoms with Gasteiger partial charge in [0.15, 0.2) is 0 Å². The first-order valence-electron chi connectivity index (χ1n) is 20.1. The molecule has 1 fully saturated rings. The van der Waals surface area contributed by atoms with Crippen LogP contribution < -0.4 is 0 Å². The Hall–Kier alpha value is -3.83. The van der Waals surface area contributed by atoms with E-state index in [9.17, 15) is 38.7 Å². The number of ether oxygens (including phenoxy) is 7. The van der Waals surface area contributed by atoms with Crippen molar-refractivity contribution >= 4 is 41.8 Å². The number of Topliss-reactive ketones (excluding diaryl/α,β-unsaturated/α-hetero) is 2. The molecule has 1 aliphatic heterocycles. The fraction of sp³-hybridized carbons (Fsp3) is 0.833. The molecule has 0 aliphatic carbocycles. The first kappa shape index (κ1) is 64.3. The van der Waals surface area contributed by atoms with Gasteiger partial charge < -0.3 is 52.9 Å². The van der Waals surface area contributed by atoms with Crippen LogP contribution in [0.4, 0.5) is 9.59 Å². The molecule has 17 nitrogen and oxygen atoms in total. The molecule has 0 aromatic heterocycles. The van der Waals surface area contributed by atoms with Crippen molar-refractivity contribution in [3.63, 3.8) is 0 Å². The minimum atomic E-state index is -1.42. The van der Waals surface area contributed by atoms with Crippen LogP contribution in [0, 0.1) is 16.2 Å². The third kappa shape index (κ3) is 34.7. The standard InChI is InChI=1S/C18H30O9.C8H20N2.C8H12O5.C4H8O.C2H6.2CH4/c1-6-8-14(21)25-11-18(5,13(3)20)12-27-16(23)26-10-17(4,9-19)15(22)24-7-2;1-9(2)7-5-6-8-10(3)4;1-3-11-6(9)8(2)4-12-7(10)13-5-8;1-3-4(2)5;1-2;;/h19H,6-12H2,1-5H3;5-8H2,1-4H3;3-5H2,1-2H3;3H2,1-2H3;1-2H3;2*1H4/i;;;2T;;;. The highest BCUT2D eigenvalue weighted by Gasteiger charge is 2.42. The number of unbranched alkanes of at least 4 members (excludes halogenated alkanes) is 1. The Kier molecular flexibility index (Phi) is 41.8. The van der Waals surface area contributed by atoms with Crippen LogP contribution in [0.3, 0.4) is 0 Å². The van der Waals surface area contributed by atoms with Gasteiger partial charge in [-0.05, 0) is 109 Å². The lowest BCUT2D eigenvalue weighted by atomic mass is 9.88. The molecule has 1 aliphatic rings. The molecule has 1 saturated heterocycles. The maximum Gasteiger partial charge on any atom is 0.508 e. The Morgan fingerprint density at radius 1 is 0.780 bits per heavy atom. The van der Waals surface area contributed by atoms with Crippen molar-refractivity contribution in [1.29, 1.82) is 0 Å². The molecule has 0 radical (unpaired) electrons. The molecule has 17 heteroatoms. The number of hydrogen-bond donors (Lipinski definition) is 1. The van der Waals surface area contributed by atoms with E-state index >= 15 is 0 Å². The fourth-order valence-corrected chi connectivity index (χ4v) is 3.51. The molecule has 2 unspecified atom stereocenters. The average Bonchev–Trinajstić information content (AvgIpc) is 3.19. The molecule has 0 aromatic rings. The first-order chi connectivity index (χ1) is 27.1. The highest BCUT2D eigenvalue weighted by molar-refractivity contribution is 5.83. The number of cyclic esters (lactones) is 2. The fourth-order valence-electron chi connectivity index (χ4n) is 3.51. The van der Waals surface area contributed by atoms with Gasteiger partial charge in [0.05, 0.1) is 25.2 Å². The zero-order valence-corrected chi connectivity index (χ0v) is 37.4. The number of hydrogen-bond acceptors (Lipinski definition) is 17. The van der Waals surface area contributed by atoms with E-state index in [-0.39, 0.29) is 72.8 Å². The lowest BCUT2D eigenvalue weighted by Gasteiger charge is -2.29. The molecule has 1 rings (SSSR count). The van der Waals surface area contributed by atoms with Crippen LogP contribution in [0.5, 0.6) is 0 Å². The summed E-state index contributed by atoms with van der Waals surface area (Å²) in [6.45, 7) is 17.9. The van der Waals surface area contributed by atoms with Crippen LogP contribution >= 0.6 is 0 Å². The van der Waals surface area contributed by atoms with Crippen LogP contribution in [0.1, 0.15) is 124 Å². The summed E-state index contributed by atoms with van der Waals surface area (Å²) >= 11 is 0. The van der Waals surface area contributed by atoms with Gasteiger partial charge in [0.1, 0.15) is 55.4 Å². The Labute approximate surface area is 357 Å². The van der Waals surface area contributed by atoms with E-state index in [2.05, 4.69) is 47.5 Å². The summed E-state index contributed by atoms with van der Waals surface area (Å²) in [4.78, 5) is 83.3. The Morgan fingerprint density at radius 2 is 1.22 bits per heavy atom. The van der Waals surface area contributed by atoms with Crippen molar-refractivity contribution in [2.45, 2.75) is 123 Å². The zero-order chi connectivity index (χ0) is 46.0. The van der Waals surface area contributed by atoms with Gasteiger partial charge in [-0.25, -0.2) is 9.59 Å². The third-order valence-corrected chi connectivity index (χ3v) is 7.63. The van der Waals surface area contributed by atoms with Gasteiger partial charge >= 0.3 is 30.2 Å². The van der Waals surface area contributed by atoms with E-state index in [0.29, 0.717) is 19.4 Å². The molecule has 1 N–H and O–H groups in total. The van der Waals surface area contributed by atoms with Crippen molar-refractivity contribution < 1.29 is 73.2 Å². The monoisotopic (exact) mass is 859 g/mol. The van der Waals surface area contributed by atoms with Gasteiger partial charge in [0, 0.05) is 14.2 Å². The van der Waals surface area contributed by atoms with Gasteiger partial charge in [-0.3, -0.25) is 19.2 Å². The van der Waals surface area contributed by atoms with Gasteiger partial charge in [-0.2, -0.15) is 0 Å². The second-order valence-electron chi connectivity index (χ2n) is 14.1. The van der Waals surface area contributed by atoms with Crippen molar-refractivity contribution in [1.82, 2.24) is 9.80 Å². The van der Waals surface area contributed by atoms with Crippen molar-refractivity contribution in [3.05, 3.63) is 0 Å². The topological polar surface area (TPSA) is 211 Å². The molecule has 352 valence electrons. The Morgan fingerprint density at radius 3 is 1.56 bits per heavy atom. The van der Waals surface area contributed by atoms with Crippen molar-refractivity contribution in [3.8, 4) is 0 Å². The summed E-state index contributed by atoms with van der Waals surface area (Å²) in [6.07, 6.45) is 2.11. The first-order valence-corrected chi connectivity index (χ1v) is 19.4. The number of carbonyl (C=O) groups is 7. The number of aliphatic hydroxyl groups excluding tert-OH is 1. The predicted octanol–water partition coefficient (Wildman–Crippen LogP) is 6.54. The molecule has 0 amide bonds.